The van der Waals surface area contributed by atoms with Crippen molar-refractivity contribution in [2.24, 2.45) is 5.92 Å². The van der Waals surface area contributed by atoms with Gasteiger partial charge in [0.1, 0.15) is 12.0 Å². The Hall–Kier alpha value is -2.84. The molecule has 5 rings (SSSR count). The van der Waals surface area contributed by atoms with Crippen LogP contribution in [0.1, 0.15) is 40.1 Å². The minimum absolute atomic E-state index is 0.0528. The molecule has 166 valence electrons. The lowest BCUT2D eigenvalue weighted by Crippen LogP contribution is -2.38. The van der Waals surface area contributed by atoms with Gasteiger partial charge < -0.3 is 14.7 Å². The number of carbonyl (C=O) groups excluding carboxylic acids is 2. The fraction of sp³-hybridized carbons (Fsp3) is 0.364. The monoisotopic (exact) mass is 473 g/mol. The minimum Gasteiger partial charge on any atom is -0.364 e. The Kier molecular flexibility index (Phi) is 5.22. The van der Waals surface area contributed by atoms with Gasteiger partial charge in [0.15, 0.2) is 0 Å². The third kappa shape index (κ3) is 3.29. The molecule has 0 bridgehead atoms. The summed E-state index contributed by atoms with van der Waals surface area (Å²) in [5.41, 5.74) is 4.69. The number of carbonyl (C=O) groups is 2. The zero-order valence-corrected chi connectivity index (χ0v) is 19.1. The maximum absolute atomic E-state index is 13.3. The predicted molar refractivity (Wildman–Crippen MR) is 119 cm³/mol. The maximum atomic E-state index is 13.3. The molecule has 0 aliphatic carbocycles. The number of hydrogen-bond donors (Lipinski definition) is 1. The molecular formula is C22H21Cl2N5O3. The van der Waals surface area contributed by atoms with Crippen LogP contribution in [0.4, 0.5) is 0 Å². The van der Waals surface area contributed by atoms with Gasteiger partial charge in [0.2, 0.25) is 5.91 Å². The molecule has 2 atom stereocenters. The Morgan fingerprint density at radius 1 is 1.25 bits per heavy atom. The van der Waals surface area contributed by atoms with Gasteiger partial charge in [0.25, 0.3) is 5.91 Å². The van der Waals surface area contributed by atoms with Crippen LogP contribution in [0.5, 0.6) is 0 Å². The number of nitrogens with one attached hydrogen (secondary N) is 1. The Morgan fingerprint density at radius 2 is 2.06 bits per heavy atom. The number of halogens is 2. The van der Waals surface area contributed by atoms with Gasteiger partial charge in [-0.05, 0) is 31.5 Å². The van der Waals surface area contributed by atoms with Crippen molar-refractivity contribution in [1.29, 1.82) is 0 Å². The summed E-state index contributed by atoms with van der Waals surface area (Å²) in [5.74, 6) is -0.466. The molecule has 0 saturated heterocycles. The number of hydrogen-bond acceptors (Lipinski definition) is 5. The van der Waals surface area contributed by atoms with Crippen molar-refractivity contribution in [2.45, 2.75) is 32.4 Å². The third-order valence-electron chi connectivity index (χ3n) is 6.31. The van der Waals surface area contributed by atoms with E-state index < -0.39 is 0 Å². The lowest BCUT2D eigenvalue weighted by molar-refractivity contribution is -0.124. The molecule has 3 aromatic rings. The van der Waals surface area contributed by atoms with E-state index in [0.717, 1.165) is 22.5 Å². The second-order valence-corrected chi connectivity index (χ2v) is 8.96. The summed E-state index contributed by atoms with van der Waals surface area (Å²) in [5, 5.41) is 12.5. The van der Waals surface area contributed by atoms with Crippen LogP contribution in [0.25, 0.3) is 11.4 Å². The molecule has 0 saturated carbocycles. The fourth-order valence-corrected chi connectivity index (χ4v) is 4.99. The molecule has 10 heteroatoms. The summed E-state index contributed by atoms with van der Waals surface area (Å²) in [6, 6.07) is 4.66. The van der Waals surface area contributed by atoms with Gasteiger partial charge in [-0.15, -0.1) is 0 Å². The Balaban J connectivity index is 1.56. The molecular weight excluding hydrogens is 453 g/mol. The van der Waals surface area contributed by atoms with E-state index in [-0.39, 0.29) is 23.8 Å². The lowest BCUT2D eigenvalue weighted by Gasteiger charge is -2.33. The highest BCUT2D eigenvalue weighted by Crippen LogP contribution is 2.41. The molecule has 1 N–H and O–H groups in total. The summed E-state index contributed by atoms with van der Waals surface area (Å²) >= 11 is 12.2. The minimum atomic E-state index is -0.287. The van der Waals surface area contributed by atoms with Crippen LogP contribution < -0.4 is 5.32 Å². The average molecular weight is 474 g/mol. The number of rotatable bonds is 2. The number of fused-ring (bicyclic) bond motifs is 5. The quantitative estimate of drug-likeness (QED) is 0.614. The van der Waals surface area contributed by atoms with Gasteiger partial charge in [0.05, 0.1) is 39.9 Å². The smallest absolute Gasteiger partial charge is 0.254 e. The van der Waals surface area contributed by atoms with Crippen LogP contribution in [0, 0.1) is 5.92 Å². The fourth-order valence-electron chi connectivity index (χ4n) is 4.69. The van der Waals surface area contributed by atoms with Crippen molar-refractivity contribution in [2.75, 3.05) is 13.6 Å². The molecule has 0 spiro atoms. The van der Waals surface area contributed by atoms with Crippen LogP contribution in [-0.4, -0.2) is 45.2 Å². The highest BCUT2D eigenvalue weighted by molar-refractivity contribution is 6.42. The highest BCUT2D eigenvalue weighted by Gasteiger charge is 2.38. The Morgan fingerprint density at radius 3 is 2.81 bits per heavy atom. The zero-order valence-electron chi connectivity index (χ0n) is 17.6. The summed E-state index contributed by atoms with van der Waals surface area (Å²) in [6.07, 6.45) is 2.70. The van der Waals surface area contributed by atoms with E-state index in [1.54, 1.807) is 31.5 Å². The van der Waals surface area contributed by atoms with Gasteiger partial charge in [-0.2, -0.15) is 5.10 Å². The first-order valence-corrected chi connectivity index (χ1v) is 11.2. The molecule has 4 heterocycles. The van der Waals surface area contributed by atoms with Crippen LogP contribution in [0.2, 0.25) is 10.0 Å². The van der Waals surface area contributed by atoms with E-state index in [0.29, 0.717) is 47.2 Å². The SMILES string of the molecule is CNC(=O)[C@@H]1Cc2conc2-c2c3c(nn2C1)CCN(C(=O)c1ccc(Cl)c(Cl)c1)[C@@H]3C. The maximum Gasteiger partial charge on any atom is 0.254 e. The molecule has 32 heavy (non-hydrogen) atoms. The van der Waals surface area contributed by atoms with Gasteiger partial charge in [0, 0.05) is 36.7 Å². The molecule has 2 aliphatic rings. The number of aromatic nitrogens is 3. The van der Waals surface area contributed by atoms with E-state index in [4.69, 9.17) is 32.8 Å². The van der Waals surface area contributed by atoms with E-state index in [1.165, 1.54) is 0 Å². The largest absolute Gasteiger partial charge is 0.364 e. The van der Waals surface area contributed by atoms with E-state index >= 15 is 0 Å². The highest BCUT2D eigenvalue weighted by atomic mass is 35.5. The first-order chi connectivity index (χ1) is 15.4. The molecule has 2 amide bonds. The number of nitrogens with zero attached hydrogens (tertiary/aromatic N) is 4. The Labute approximate surface area is 194 Å². The molecule has 1 aromatic carbocycles. The summed E-state index contributed by atoms with van der Waals surface area (Å²) < 4.78 is 7.12. The van der Waals surface area contributed by atoms with Gasteiger partial charge in [-0.25, -0.2) is 0 Å². The van der Waals surface area contributed by atoms with Crippen molar-refractivity contribution >= 4 is 35.0 Å². The van der Waals surface area contributed by atoms with Gasteiger partial charge in [-0.1, -0.05) is 28.4 Å². The summed E-state index contributed by atoms with van der Waals surface area (Å²) in [6.45, 7) is 2.94. The van der Waals surface area contributed by atoms with Crippen molar-refractivity contribution in [3.8, 4) is 11.4 Å². The third-order valence-corrected chi connectivity index (χ3v) is 7.05. The number of amides is 2. The molecule has 0 radical (unpaired) electrons. The van der Waals surface area contributed by atoms with Crippen molar-refractivity contribution in [3.05, 3.63) is 56.9 Å². The summed E-state index contributed by atoms with van der Waals surface area (Å²) in [4.78, 5) is 27.6. The first-order valence-electron chi connectivity index (χ1n) is 10.4. The van der Waals surface area contributed by atoms with Crippen LogP contribution >= 0.6 is 23.2 Å². The van der Waals surface area contributed by atoms with Crippen molar-refractivity contribution < 1.29 is 14.1 Å². The average Bonchev–Trinajstić information content (AvgIpc) is 3.35. The predicted octanol–water partition coefficient (Wildman–Crippen LogP) is 3.52. The molecule has 8 nitrogen and oxygen atoms in total. The molecule has 0 fully saturated rings. The van der Waals surface area contributed by atoms with Crippen molar-refractivity contribution in [1.82, 2.24) is 25.2 Å². The van der Waals surface area contributed by atoms with E-state index in [9.17, 15) is 9.59 Å². The standard InChI is InChI=1S/C22H21Cl2N5O3/c1-11-18-17(5-6-28(11)22(31)12-3-4-15(23)16(24)8-12)26-29-9-13(21(30)25-2)7-14-10-32-27-19(14)20(18)29/h3-4,8,10-11,13H,5-7,9H2,1-2H3,(H,25,30)/t11-,13-/m1/s1. The van der Waals surface area contributed by atoms with E-state index in [1.807, 2.05) is 16.5 Å². The van der Waals surface area contributed by atoms with E-state index in [2.05, 4.69) is 10.5 Å². The number of benzene rings is 1. The van der Waals surface area contributed by atoms with Gasteiger partial charge in [-0.3, -0.25) is 14.3 Å². The van der Waals surface area contributed by atoms with Crippen molar-refractivity contribution in [3.63, 3.8) is 0 Å². The normalized spacial score (nSPS) is 19.6. The van der Waals surface area contributed by atoms with Crippen LogP contribution in [0.3, 0.4) is 0 Å². The molecule has 2 aromatic heterocycles. The van der Waals surface area contributed by atoms with Crippen LogP contribution in [0.15, 0.2) is 29.0 Å². The second-order valence-electron chi connectivity index (χ2n) is 8.15. The lowest BCUT2D eigenvalue weighted by atomic mass is 9.94. The summed E-state index contributed by atoms with van der Waals surface area (Å²) in [7, 11) is 1.63. The Bertz CT molecular complexity index is 1230. The topological polar surface area (TPSA) is 93.3 Å². The zero-order chi connectivity index (χ0) is 22.6. The van der Waals surface area contributed by atoms with Crippen LogP contribution in [-0.2, 0) is 24.2 Å². The molecule has 2 aliphatic heterocycles. The molecule has 0 unspecified atom stereocenters. The second kappa shape index (κ2) is 7.94. The van der Waals surface area contributed by atoms with Gasteiger partial charge >= 0.3 is 0 Å². The first kappa shape index (κ1) is 21.0.